The first kappa shape index (κ1) is 14.1. The number of benzene rings is 1. The number of carbonyl (C=O) groups is 2. The summed E-state index contributed by atoms with van der Waals surface area (Å²) in [6.45, 7) is 6.66. The maximum absolute atomic E-state index is 12.4. The van der Waals surface area contributed by atoms with Crippen LogP contribution in [0.5, 0.6) is 0 Å². The van der Waals surface area contributed by atoms with Crippen LogP contribution in [0.3, 0.4) is 0 Å². The van der Waals surface area contributed by atoms with E-state index in [1.807, 2.05) is 6.92 Å². The quantitative estimate of drug-likeness (QED) is 0.923. The third-order valence-electron chi connectivity index (χ3n) is 4.72. The predicted octanol–water partition coefficient (Wildman–Crippen LogP) is 1.93. The lowest BCUT2D eigenvalue weighted by molar-refractivity contribution is -0.155. The van der Waals surface area contributed by atoms with Crippen LogP contribution in [-0.2, 0) is 16.1 Å². The Labute approximate surface area is 125 Å². The molecule has 2 fully saturated rings. The van der Waals surface area contributed by atoms with Gasteiger partial charge >= 0.3 is 0 Å². The van der Waals surface area contributed by atoms with E-state index >= 15 is 0 Å². The highest BCUT2D eigenvalue weighted by Gasteiger charge is 2.54. The summed E-state index contributed by atoms with van der Waals surface area (Å²) in [6, 6.07) is 6.31. The molecule has 1 aromatic rings. The number of hydrogen-bond donors (Lipinski definition) is 1. The average molecular weight is 286 g/mol. The van der Waals surface area contributed by atoms with Crippen molar-refractivity contribution < 1.29 is 9.59 Å². The highest BCUT2D eigenvalue weighted by molar-refractivity contribution is 5.98. The van der Waals surface area contributed by atoms with Gasteiger partial charge in [0.15, 0.2) is 0 Å². The number of hydrogen-bond acceptors (Lipinski definition) is 2. The van der Waals surface area contributed by atoms with E-state index in [1.165, 1.54) is 11.1 Å². The maximum atomic E-state index is 12.4. The SMILES string of the molecule is Cc1cc(C)cc(CN2C(=O)CNC(=O)C2(C)C2CC2)c1. The van der Waals surface area contributed by atoms with Crippen LogP contribution in [0.15, 0.2) is 18.2 Å². The molecule has 2 amide bonds. The van der Waals surface area contributed by atoms with Crippen LogP contribution in [0.25, 0.3) is 0 Å². The Morgan fingerprint density at radius 2 is 1.81 bits per heavy atom. The van der Waals surface area contributed by atoms with Crippen LogP contribution in [0, 0.1) is 19.8 Å². The van der Waals surface area contributed by atoms with E-state index in [4.69, 9.17) is 0 Å². The van der Waals surface area contributed by atoms with Crippen molar-refractivity contribution in [1.82, 2.24) is 10.2 Å². The van der Waals surface area contributed by atoms with Crippen molar-refractivity contribution in [2.45, 2.75) is 45.7 Å². The number of aryl methyl sites for hydroxylation is 2. The minimum Gasteiger partial charge on any atom is -0.345 e. The van der Waals surface area contributed by atoms with Crippen LogP contribution >= 0.6 is 0 Å². The Morgan fingerprint density at radius 1 is 1.19 bits per heavy atom. The molecule has 0 spiro atoms. The van der Waals surface area contributed by atoms with Gasteiger partial charge in [-0.3, -0.25) is 9.59 Å². The van der Waals surface area contributed by atoms with Crippen molar-refractivity contribution >= 4 is 11.8 Å². The molecule has 1 saturated carbocycles. The Bertz CT molecular complexity index is 587. The predicted molar refractivity (Wildman–Crippen MR) is 80.6 cm³/mol. The zero-order chi connectivity index (χ0) is 15.2. The van der Waals surface area contributed by atoms with Crippen LogP contribution in [0.2, 0.25) is 0 Å². The van der Waals surface area contributed by atoms with Crippen molar-refractivity contribution in [3.63, 3.8) is 0 Å². The topological polar surface area (TPSA) is 49.4 Å². The average Bonchev–Trinajstić information content (AvgIpc) is 3.23. The van der Waals surface area contributed by atoms with Gasteiger partial charge in [-0.15, -0.1) is 0 Å². The summed E-state index contributed by atoms with van der Waals surface area (Å²) in [5.41, 5.74) is 2.79. The van der Waals surface area contributed by atoms with Crippen molar-refractivity contribution in [1.29, 1.82) is 0 Å². The molecule has 1 saturated heterocycles. The minimum atomic E-state index is -0.688. The number of piperazine rings is 1. The molecule has 2 aliphatic rings. The molecule has 1 aromatic carbocycles. The Kier molecular flexibility index (Phi) is 3.27. The van der Waals surface area contributed by atoms with Crippen molar-refractivity contribution in [2.75, 3.05) is 6.54 Å². The molecule has 0 bridgehead atoms. The van der Waals surface area contributed by atoms with Gasteiger partial charge in [-0.25, -0.2) is 0 Å². The first-order chi connectivity index (χ1) is 9.91. The number of nitrogens with zero attached hydrogens (tertiary/aromatic N) is 1. The summed E-state index contributed by atoms with van der Waals surface area (Å²) < 4.78 is 0. The summed E-state index contributed by atoms with van der Waals surface area (Å²) in [5, 5.41) is 2.75. The summed E-state index contributed by atoms with van der Waals surface area (Å²) in [6.07, 6.45) is 2.06. The highest BCUT2D eigenvalue weighted by atomic mass is 16.2. The van der Waals surface area contributed by atoms with E-state index in [0.29, 0.717) is 12.5 Å². The smallest absolute Gasteiger partial charge is 0.246 e. The molecule has 1 aliphatic carbocycles. The van der Waals surface area contributed by atoms with Crippen LogP contribution in [0.1, 0.15) is 36.5 Å². The molecular weight excluding hydrogens is 264 g/mol. The molecule has 3 rings (SSSR count). The lowest BCUT2D eigenvalue weighted by Gasteiger charge is -2.44. The molecule has 1 atom stereocenters. The molecule has 1 aliphatic heterocycles. The van der Waals surface area contributed by atoms with Gasteiger partial charge in [-0.2, -0.15) is 0 Å². The van der Waals surface area contributed by atoms with Gasteiger partial charge in [0.05, 0.1) is 6.54 Å². The molecule has 1 heterocycles. The molecule has 112 valence electrons. The summed E-state index contributed by atoms with van der Waals surface area (Å²) in [4.78, 5) is 26.5. The zero-order valence-corrected chi connectivity index (χ0v) is 12.9. The summed E-state index contributed by atoms with van der Waals surface area (Å²) in [7, 11) is 0. The van der Waals surface area contributed by atoms with Crippen molar-refractivity contribution in [3.8, 4) is 0 Å². The fourth-order valence-corrected chi connectivity index (χ4v) is 3.46. The molecule has 1 N–H and O–H groups in total. The third kappa shape index (κ3) is 2.43. The Balaban J connectivity index is 1.93. The van der Waals surface area contributed by atoms with Crippen LogP contribution in [-0.4, -0.2) is 28.8 Å². The Hall–Kier alpha value is -1.84. The molecule has 0 radical (unpaired) electrons. The monoisotopic (exact) mass is 286 g/mol. The second kappa shape index (κ2) is 4.86. The Morgan fingerprint density at radius 3 is 2.38 bits per heavy atom. The van der Waals surface area contributed by atoms with Gasteiger partial charge in [0.1, 0.15) is 5.54 Å². The van der Waals surface area contributed by atoms with E-state index in [-0.39, 0.29) is 18.4 Å². The first-order valence-corrected chi connectivity index (χ1v) is 7.57. The molecular formula is C17H22N2O2. The highest BCUT2D eigenvalue weighted by Crippen LogP contribution is 2.44. The normalized spacial score (nSPS) is 26.0. The summed E-state index contributed by atoms with van der Waals surface area (Å²) >= 11 is 0. The van der Waals surface area contributed by atoms with Gasteiger partial charge in [-0.05, 0) is 45.1 Å². The van der Waals surface area contributed by atoms with Gasteiger partial charge in [0.2, 0.25) is 11.8 Å². The number of nitrogens with one attached hydrogen (secondary N) is 1. The molecule has 0 aromatic heterocycles. The van der Waals surface area contributed by atoms with Gasteiger partial charge in [-0.1, -0.05) is 29.3 Å². The third-order valence-corrected chi connectivity index (χ3v) is 4.72. The van der Waals surface area contributed by atoms with Crippen LogP contribution in [0.4, 0.5) is 0 Å². The van der Waals surface area contributed by atoms with E-state index in [1.54, 1.807) is 4.90 Å². The second-order valence-corrected chi connectivity index (χ2v) is 6.58. The molecule has 1 unspecified atom stereocenters. The maximum Gasteiger partial charge on any atom is 0.246 e. The fourth-order valence-electron chi connectivity index (χ4n) is 3.46. The van der Waals surface area contributed by atoms with Gasteiger partial charge < -0.3 is 10.2 Å². The standard InChI is InChI=1S/C17H22N2O2/c1-11-6-12(2)8-13(7-11)10-19-15(20)9-18-16(21)17(19,3)14-4-5-14/h6-8,14H,4-5,9-10H2,1-3H3,(H,18,21). The van der Waals surface area contributed by atoms with Gasteiger partial charge in [0, 0.05) is 6.54 Å². The van der Waals surface area contributed by atoms with E-state index < -0.39 is 5.54 Å². The number of amides is 2. The minimum absolute atomic E-state index is 0.00558. The zero-order valence-electron chi connectivity index (χ0n) is 12.9. The number of rotatable bonds is 3. The molecule has 4 nitrogen and oxygen atoms in total. The van der Waals surface area contributed by atoms with E-state index in [2.05, 4.69) is 37.4 Å². The summed E-state index contributed by atoms with van der Waals surface area (Å²) in [5.74, 6) is 0.310. The lowest BCUT2D eigenvalue weighted by Crippen LogP contribution is -2.66. The van der Waals surface area contributed by atoms with Crippen molar-refractivity contribution in [3.05, 3.63) is 34.9 Å². The lowest BCUT2D eigenvalue weighted by atomic mass is 9.89. The fraction of sp³-hybridized carbons (Fsp3) is 0.529. The number of carbonyl (C=O) groups excluding carboxylic acids is 2. The second-order valence-electron chi connectivity index (χ2n) is 6.58. The largest absolute Gasteiger partial charge is 0.345 e. The molecule has 21 heavy (non-hydrogen) atoms. The molecule has 4 heteroatoms. The first-order valence-electron chi connectivity index (χ1n) is 7.57. The van der Waals surface area contributed by atoms with Crippen molar-refractivity contribution in [2.24, 2.45) is 5.92 Å². The van der Waals surface area contributed by atoms with E-state index in [9.17, 15) is 9.59 Å². The van der Waals surface area contributed by atoms with Crippen LogP contribution < -0.4 is 5.32 Å². The van der Waals surface area contributed by atoms with Gasteiger partial charge in [0.25, 0.3) is 0 Å². The van der Waals surface area contributed by atoms with E-state index in [0.717, 1.165) is 18.4 Å².